The maximum absolute atomic E-state index is 13.4. The molecule has 4 nitrogen and oxygen atoms in total. The van der Waals surface area contributed by atoms with Gasteiger partial charge in [0.15, 0.2) is 5.13 Å². The van der Waals surface area contributed by atoms with Gasteiger partial charge >= 0.3 is 0 Å². The highest BCUT2D eigenvalue weighted by Gasteiger charge is 2.11. The summed E-state index contributed by atoms with van der Waals surface area (Å²) in [6.45, 7) is 1.80. The Labute approximate surface area is 122 Å². The predicted molar refractivity (Wildman–Crippen MR) is 77.0 cm³/mol. The number of aromatic nitrogens is 1. The number of benzene rings is 1. The molecule has 2 rings (SSSR count). The zero-order valence-corrected chi connectivity index (χ0v) is 12.1. The summed E-state index contributed by atoms with van der Waals surface area (Å²) in [5, 5.41) is 2.83. The fraction of sp³-hybridized carbons (Fsp3) is 0.167. The summed E-state index contributed by atoms with van der Waals surface area (Å²) in [6.07, 6.45) is 0. The van der Waals surface area contributed by atoms with Gasteiger partial charge in [-0.1, -0.05) is 11.3 Å². The number of rotatable bonds is 4. The highest BCUT2D eigenvalue weighted by Crippen LogP contribution is 2.30. The van der Waals surface area contributed by atoms with Crippen LogP contribution in [0.25, 0.3) is 0 Å². The highest BCUT2D eigenvalue weighted by atomic mass is 32.2. The number of nitrogens with two attached hydrogens (primary N) is 1. The molecule has 20 heavy (non-hydrogen) atoms. The Bertz CT molecular complexity index is 646. The van der Waals surface area contributed by atoms with Crippen LogP contribution in [0.2, 0.25) is 0 Å². The van der Waals surface area contributed by atoms with E-state index in [2.05, 4.69) is 10.3 Å². The molecule has 0 saturated heterocycles. The SMILES string of the molecule is Cc1nc(N)sc1SCC(=O)Nc1ccc(F)cc1F. The van der Waals surface area contributed by atoms with Gasteiger partial charge in [-0.3, -0.25) is 4.79 Å². The average Bonchev–Trinajstić information content (AvgIpc) is 2.69. The summed E-state index contributed by atoms with van der Waals surface area (Å²) in [5.74, 6) is -1.78. The van der Waals surface area contributed by atoms with Crippen LogP contribution in [0, 0.1) is 18.6 Å². The number of hydrogen-bond acceptors (Lipinski definition) is 5. The van der Waals surface area contributed by atoms with Crippen LogP contribution in [0.3, 0.4) is 0 Å². The van der Waals surface area contributed by atoms with E-state index in [1.807, 2.05) is 0 Å². The third kappa shape index (κ3) is 3.67. The molecule has 0 atom stereocenters. The molecule has 0 aliphatic heterocycles. The van der Waals surface area contributed by atoms with Gasteiger partial charge in [-0.25, -0.2) is 13.8 Å². The molecular formula is C12H11F2N3OS2. The number of nitrogens with zero attached hydrogens (tertiary/aromatic N) is 1. The molecule has 0 unspecified atom stereocenters. The van der Waals surface area contributed by atoms with Gasteiger partial charge in [-0.2, -0.15) is 0 Å². The molecule has 3 N–H and O–H groups in total. The number of anilines is 2. The van der Waals surface area contributed by atoms with E-state index >= 15 is 0 Å². The summed E-state index contributed by atoms with van der Waals surface area (Å²) in [6, 6.07) is 2.99. The van der Waals surface area contributed by atoms with E-state index in [1.165, 1.54) is 29.2 Å². The number of aryl methyl sites for hydroxylation is 1. The van der Waals surface area contributed by atoms with Gasteiger partial charge in [0.2, 0.25) is 5.91 Å². The van der Waals surface area contributed by atoms with E-state index in [9.17, 15) is 13.6 Å². The van der Waals surface area contributed by atoms with E-state index in [-0.39, 0.29) is 17.3 Å². The van der Waals surface area contributed by atoms with Crippen LogP contribution in [0.1, 0.15) is 5.69 Å². The van der Waals surface area contributed by atoms with Crippen molar-refractivity contribution in [3.8, 4) is 0 Å². The van der Waals surface area contributed by atoms with Crippen LogP contribution in [-0.4, -0.2) is 16.6 Å². The van der Waals surface area contributed by atoms with Crippen molar-refractivity contribution < 1.29 is 13.6 Å². The minimum atomic E-state index is -0.804. The first-order chi connectivity index (χ1) is 9.45. The molecule has 0 bridgehead atoms. The number of thioether (sulfide) groups is 1. The molecule has 0 radical (unpaired) electrons. The van der Waals surface area contributed by atoms with Crippen molar-refractivity contribution >= 4 is 39.8 Å². The van der Waals surface area contributed by atoms with E-state index in [0.717, 1.165) is 22.0 Å². The molecular weight excluding hydrogens is 304 g/mol. The number of hydrogen-bond donors (Lipinski definition) is 2. The zero-order valence-electron chi connectivity index (χ0n) is 10.4. The summed E-state index contributed by atoms with van der Waals surface area (Å²) in [4.78, 5) is 15.7. The Morgan fingerprint density at radius 2 is 2.25 bits per heavy atom. The molecule has 1 aromatic heterocycles. The third-order valence-corrected chi connectivity index (χ3v) is 4.66. The summed E-state index contributed by atoms with van der Waals surface area (Å²) < 4.78 is 26.9. The first-order valence-electron chi connectivity index (χ1n) is 5.56. The maximum Gasteiger partial charge on any atom is 0.234 e. The van der Waals surface area contributed by atoms with Gasteiger partial charge in [0.1, 0.15) is 11.6 Å². The molecule has 8 heteroatoms. The number of carbonyl (C=O) groups is 1. The van der Waals surface area contributed by atoms with E-state index in [1.54, 1.807) is 6.92 Å². The van der Waals surface area contributed by atoms with Gasteiger partial charge in [-0.05, 0) is 19.1 Å². The Morgan fingerprint density at radius 3 is 2.85 bits per heavy atom. The average molecular weight is 315 g/mol. The van der Waals surface area contributed by atoms with Gasteiger partial charge in [0.05, 0.1) is 21.3 Å². The number of halogens is 2. The second kappa shape index (κ2) is 6.19. The van der Waals surface area contributed by atoms with Crippen molar-refractivity contribution in [1.29, 1.82) is 0 Å². The van der Waals surface area contributed by atoms with E-state index in [0.29, 0.717) is 5.13 Å². The normalized spacial score (nSPS) is 10.6. The first-order valence-corrected chi connectivity index (χ1v) is 7.36. The lowest BCUT2D eigenvalue weighted by atomic mass is 10.3. The predicted octanol–water partition coefficient (Wildman–Crippen LogP) is 3.04. The number of nitrogen functional groups attached to an aromatic ring is 1. The quantitative estimate of drug-likeness (QED) is 0.851. The van der Waals surface area contributed by atoms with Crippen LogP contribution in [0.4, 0.5) is 19.6 Å². The van der Waals surface area contributed by atoms with Gasteiger partial charge in [0, 0.05) is 6.07 Å². The monoisotopic (exact) mass is 315 g/mol. The maximum atomic E-state index is 13.4. The minimum absolute atomic E-state index is 0.0439. The van der Waals surface area contributed by atoms with Crippen LogP contribution >= 0.6 is 23.1 Å². The number of thiazole rings is 1. The molecule has 0 aliphatic rings. The fourth-order valence-corrected chi connectivity index (χ4v) is 3.27. The number of nitrogens with one attached hydrogen (secondary N) is 1. The molecule has 1 amide bonds. The standard InChI is InChI=1S/C12H11F2N3OS2/c1-6-11(20-12(15)16-6)19-5-10(18)17-9-3-2-7(13)4-8(9)14/h2-4H,5H2,1H3,(H2,15,16)(H,17,18). The molecule has 0 saturated carbocycles. The largest absolute Gasteiger partial charge is 0.375 e. The van der Waals surface area contributed by atoms with Crippen molar-refractivity contribution in [2.75, 3.05) is 16.8 Å². The third-order valence-electron chi connectivity index (χ3n) is 2.31. The van der Waals surface area contributed by atoms with Crippen molar-refractivity contribution in [2.45, 2.75) is 11.1 Å². The van der Waals surface area contributed by atoms with Gasteiger partial charge in [0.25, 0.3) is 0 Å². The lowest BCUT2D eigenvalue weighted by Crippen LogP contribution is -2.15. The van der Waals surface area contributed by atoms with Crippen molar-refractivity contribution in [1.82, 2.24) is 4.98 Å². The Balaban J connectivity index is 1.94. The number of carbonyl (C=O) groups excluding carboxylic acids is 1. The molecule has 0 aliphatic carbocycles. The fourth-order valence-electron chi connectivity index (χ4n) is 1.44. The minimum Gasteiger partial charge on any atom is -0.375 e. The van der Waals surface area contributed by atoms with Crippen molar-refractivity contribution in [3.05, 3.63) is 35.5 Å². The molecule has 2 aromatic rings. The zero-order chi connectivity index (χ0) is 14.7. The van der Waals surface area contributed by atoms with E-state index < -0.39 is 11.6 Å². The Hall–Kier alpha value is -1.67. The summed E-state index contributed by atoms with van der Waals surface area (Å²) in [5.41, 5.74) is 6.27. The smallest absolute Gasteiger partial charge is 0.234 e. The summed E-state index contributed by atoms with van der Waals surface area (Å²) in [7, 11) is 0. The first kappa shape index (κ1) is 14.7. The molecule has 1 aromatic carbocycles. The molecule has 0 fully saturated rings. The van der Waals surface area contributed by atoms with Crippen LogP contribution in [0.5, 0.6) is 0 Å². The Kier molecular flexibility index (Phi) is 4.56. The molecule has 106 valence electrons. The molecule has 1 heterocycles. The van der Waals surface area contributed by atoms with Gasteiger partial charge in [-0.15, -0.1) is 11.8 Å². The van der Waals surface area contributed by atoms with E-state index in [4.69, 9.17) is 5.73 Å². The lowest BCUT2D eigenvalue weighted by Gasteiger charge is -2.05. The highest BCUT2D eigenvalue weighted by molar-refractivity contribution is 8.01. The van der Waals surface area contributed by atoms with Crippen LogP contribution in [-0.2, 0) is 4.79 Å². The second-order valence-electron chi connectivity index (χ2n) is 3.89. The topological polar surface area (TPSA) is 68.0 Å². The van der Waals surface area contributed by atoms with Crippen LogP contribution < -0.4 is 11.1 Å². The number of amides is 1. The Morgan fingerprint density at radius 1 is 1.50 bits per heavy atom. The van der Waals surface area contributed by atoms with Crippen molar-refractivity contribution in [3.63, 3.8) is 0 Å². The van der Waals surface area contributed by atoms with Gasteiger partial charge < -0.3 is 11.1 Å². The summed E-state index contributed by atoms with van der Waals surface area (Å²) >= 11 is 2.57. The van der Waals surface area contributed by atoms with Crippen LogP contribution in [0.15, 0.2) is 22.4 Å². The lowest BCUT2D eigenvalue weighted by molar-refractivity contribution is -0.113. The van der Waals surface area contributed by atoms with Crippen molar-refractivity contribution in [2.24, 2.45) is 0 Å². The molecule has 0 spiro atoms. The second-order valence-corrected chi connectivity index (χ2v) is 6.16.